The van der Waals surface area contributed by atoms with Crippen LogP contribution in [0.25, 0.3) is 21.5 Å². The van der Waals surface area contributed by atoms with E-state index < -0.39 is 53.3 Å². The maximum atomic E-state index is 13.3. The summed E-state index contributed by atoms with van der Waals surface area (Å²) in [5.74, 6) is -1.42. The predicted octanol–water partition coefficient (Wildman–Crippen LogP) is 11.0. The zero-order valence-electron chi connectivity index (χ0n) is 38.7. The Morgan fingerprint density at radius 3 is 1.63 bits per heavy atom. The first-order valence-electron chi connectivity index (χ1n) is 20.9. The molecule has 0 fully saturated rings. The van der Waals surface area contributed by atoms with Crippen molar-refractivity contribution in [2.75, 3.05) is 19.5 Å². The maximum absolute atomic E-state index is 13.3. The van der Waals surface area contributed by atoms with Crippen LogP contribution in [0.15, 0.2) is 169 Å². The number of carbonyl (C=O) groups is 1. The minimum absolute atomic E-state index is 0. The van der Waals surface area contributed by atoms with Gasteiger partial charge in [0, 0.05) is 28.6 Å². The van der Waals surface area contributed by atoms with Gasteiger partial charge in [-0.3, -0.25) is 18.9 Å². The number of phenols is 1. The zero-order valence-corrected chi connectivity index (χ0v) is 46.3. The second kappa shape index (κ2) is 23.6. The van der Waals surface area contributed by atoms with Crippen molar-refractivity contribution in [1.82, 2.24) is 0 Å². The number of halogens is 2. The fourth-order valence-electron chi connectivity index (χ4n) is 7.27. The number of benzene rings is 8. The average molecular weight is 1190 g/mol. The Bertz CT molecular complexity index is 3790. The molecular formula is C50H38BaCl2N6O12S2. The van der Waals surface area contributed by atoms with E-state index in [0.717, 1.165) is 0 Å². The van der Waals surface area contributed by atoms with Gasteiger partial charge in [-0.2, -0.15) is 32.2 Å². The van der Waals surface area contributed by atoms with Crippen molar-refractivity contribution < 1.29 is 55.5 Å². The number of nitrogens with zero attached hydrogens (tertiary/aromatic N) is 5. The number of ether oxygens (including phenoxy) is 2. The zero-order chi connectivity index (χ0) is 52.1. The van der Waals surface area contributed by atoms with Crippen molar-refractivity contribution in [3.05, 3.63) is 166 Å². The summed E-state index contributed by atoms with van der Waals surface area (Å²) < 4.78 is 76.3. The number of nitrogens with one attached hydrogen (secondary N) is 1. The Labute approximate surface area is 468 Å². The topological polar surface area (TPSA) is 284 Å². The summed E-state index contributed by atoms with van der Waals surface area (Å²) in [7, 11) is -6.24. The van der Waals surface area contributed by atoms with E-state index in [4.69, 9.17) is 32.7 Å². The quantitative estimate of drug-likeness (QED) is 0.0292. The molecule has 0 aliphatic rings. The van der Waals surface area contributed by atoms with Gasteiger partial charge in [0.25, 0.3) is 26.1 Å². The van der Waals surface area contributed by atoms with Gasteiger partial charge in [-0.25, -0.2) is 0 Å². The molecule has 8 aromatic carbocycles. The van der Waals surface area contributed by atoms with Gasteiger partial charge < -0.3 is 30.1 Å². The third-order valence-electron chi connectivity index (χ3n) is 10.7. The minimum atomic E-state index is -4.63. The van der Waals surface area contributed by atoms with Gasteiger partial charge in [0.05, 0.1) is 52.6 Å². The Morgan fingerprint density at radius 1 is 0.616 bits per heavy atom. The van der Waals surface area contributed by atoms with Gasteiger partial charge in [-0.15, -0.1) is 5.11 Å². The number of carbonyl (C=O) groups excluding carboxylic acids is 1. The number of fused-ring (bicyclic) bond motifs is 2. The second-order valence-corrected chi connectivity index (χ2v) is 18.9. The van der Waals surface area contributed by atoms with E-state index in [0.29, 0.717) is 44.4 Å². The van der Waals surface area contributed by atoms with Crippen LogP contribution < -0.4 is 25.0 Å². The number of methoxy groups -OCH3 is 2. The van der Waals surface area contributed by atoms with Crippen LogP contribution in [0, 0.1) is 13.8 Å². The van der Waals surface area contributed by atoms with Crippen molar-refractivity contribution in [1.29, 1.82) is 0 Å². The molecule has 0 saturated carbocycles. The average Bonchev–Trinajstić information content (AvgIpc) is 3.33. The van der Waals surface area contributed by atoms with Crippen LogP contribution in [-0.2, 0) is 20.2 Å². The Kier molecular flexibility index (Phi) is 18.1. The van der Waals surface area contributed by atoms with Crippen molar-refractivity contribution in [3.63, 3.8) is 0 Å². The van der Waals surface area contributed by atoms with Gasteiger partial charge in [-0.1, -0.05) is 89.6 Å². The predicted molar refractivity (Wildman–Crippen MR) is 275 cm³/mol. The van der Waals surface area contributed by atoms with Crippen molar-refractivity contribution in [2.45, 2.75) is 23.6 Å². The molecule has 0 saturated heterocycles. The number of amides is 1. The summed E-state index contributed by atoms with van der Waals surface area (Å²) in [6.45, 7) is 2.81. The van der Waals surface area contributed by atoms with E-state index in [1.807, 2.05) is 0 Å². The third kappa shape index (κ3) is 12.9. The largest absolute Gasteiger partial charge is 2.00 e. The van der Waals surface area contributed by atoms with Gasteiger partial charge in [0.2, 0.25) is 0 Å². The molecule has 0 heterocycles. The van der Waals surface area contributed by atoms with Gasteiger partial charge in [0.1, 0.15) is 27.0 Å². The van der Waals surface area contributed by atoms with Crippen molar-refractivity contribution in [2.24, 2.45) is 25.4 Å². The number of aliphatic imine (C=N–C) groups is 1. The molecule has 368 valence electrons. The number of hydrogen-bond donors (Lipinski definition) is 4. The van der Waals surface area contributed by atoms with Gasteiger partial charge >= 0.3 is 48.9 Å². The first-order valence-corrected chi connectivity index (χ1v) is 24.5. The number of hydrogen-bond acceptors (Lipinski definition) is 15. The van der Waals surface area contributed by atoms with Crippen molar-refractivity contribution in [3.8, 4) is 23.0 Å². The first kappa shape index (κ1) is 55.9. The summed E-state index contributed by atoms with van der Waals surface area (Å²) in [4.78, 5) is 16.1. The van der Waals surface area contributed by atoms with E-state index in [9.17, 15) is 46.1 Å². The van der Waals surface area contributed by atoms with E-state index in [1.54, 1.807) is 97.1 Å². The molecule has 0 aromatic heterocycles. The van der Waals surface area contributed by atoms with E-state index >= 15 is 0 Å². The summed E-state index contributed by atoms with van der Waals surface area (Å²) in [5.41, 5.74) is 0.681. The fraction of sp³-hybridized carbons (Fsp3) is 0.0800. The molecule has 0 aliphatic carbocycles. The molecule has 0 atom stereocenters. The molecule has 23 heteroatoms. The van der Waals surface area contributed by atoms with Gasteiger partial charge in [-0.05, 0) is 108 Å². The molecule has 0 spiro atoms. The Morgan fingerprint density at radius 2 is 1.10 bits per heavy atom. The van der Waals surface area contributed by atoms with E-state index in [2.05, 4.69) is 30.8 Å². The van der Waals surface area contributed by atoms with Crippen LogP contribution in [0.4, 0.5) is 34.1 Å². The van der Waals surface area contributed by atoms with Crippen molar-refractivity contribution >= 4 is 160 Å². The molecular weight excluding hydrogens is 1150 g/mol. The molecule has 4 N–H and O–H groups in total. The first-order chi connectivity index (χ1) is 34.2. The minimum Gasteiger partial charge on any atom is -0.871 e. The second-order valence-electron chi connectivity index (χ2n) is 15.4. The summed E-state index contributed by atoms with van der Waals surface area (Å²) in [6.07, 6.45) is 0. The molecule has 0 unspecified atom stereocenters. The molecule has 0 aliphatic heterocycles. The van der Waals surface area contributed by atoms with E-state index in [-0.39, 0.29) is 104 Å². The monoisotopic (exact) mass is 1190 g/mol. The summed E-state index contributed by atoms with van der Waals surface area (Å²) >= 11 is 11.9. The summed E-state index contributed by atoms with van der Waals surface area (Å²) in [6, 6.07) is 35.3. The molecule has 18 nitrogen and oxygen atoms in total. The van der Waals surface area contributed by atoms with Crippen LogP contribution >= 0.6 is 23.2 Å². The summed E-state index contributed by atoms with van der Waals surface area (Å²) in [5, 5.41) is 58.1. The maximum Gasteiger partial charge on any atom is 2.00 e. The Hall–Kier alpha value is -6.41. The van der Waals surface area contributed by atoms with Crippen LogP contribution in [-0.4, -0.2) is 106 Å². The normalized spacial score (nSPS) is 11.9. The third-order valence-corrected chi connectivity index (χ3v) is 13.7. The molecule has 73 heavy (non-hydrogen) atoms. The van der Waals surface area contributed by atoms with Crippen LogP contribution in [0.3, 0.4) is 0 Å². The smallest absolute Gasteiger partial charge is 0.871 e. The number of azo groups is 2. The van der Waals surface area contributed by atoms with Gasteiger partial charge in [0.15, 0.2) is 5.75 Å². The molecule has 1 amide bonds. The number of rotatable bonds is 12. The fourth-order valence-corrected chi connectivity index (χ4v) is 9.88. The molecule has 8 rings (SSSR count). The number of phenolic OH excluding ortho intramolecular Hbond substituents is 1. The van der Waals surface area contributed by atoms with E-state index in [1.165, 1.54) is 64.5 Å². The standard InChI is InChI=1S/2C25H20ClN3O6S.Ba/c2*1-14-21(11-10-20(26)24(14)36(32,33)34)28-29-22-18-9-4-3-6-15(18)12-19(23(22)30)25(31)27-16-7-5-8-17(13-16)35-2;/h2*3-13,30H,1-2H3,(H,27,31)(H,32,33,34);/q;;+2/p-2. The number of aromatic hydroxyl groups is 1. The molecule has 0 radical (unpaired) electrons. The number of anilines is 1. The molecule has 0 bridgehead atoms. The van der Waals surface area contributed by atoms with Crippen LogP contribution in [0.5, 0.6) is 23.0 Å². The van der Waals surface area contributed by atoms with Crippen LogP contribution in [0.1, 0.15) is 27.0 Å². The SMILES string of the molecule is COc1cccc(N=C([O-])c2cc3ccccc3c(N=Nc3ccc(Cl)c(S(=O)(=O)O)c3C)c2[O-])c1.COc1cccc(NC(=O)c2cc3ccccc3c(N=Nc3ccc(Cl)c(S(=O)(=O)O)c3C)c2O)c1.[Ba+2]. The molecule has 8 aromatic rings. The van der Waals surface area contributed by atoms with Crippen LogP contribution in [0.2, 0.25) is 10.0 Å². The Balaban J connectivity index is 0.000000235.